The molecule has 2 aromatic heterocycles. The van der Waals surface area contributed by atoms with Crippen molar-refractivity contribution in [1.29, 1.82) is 5.26 Å². The average molecular weight is 262 g/mol. The highest BCUT2D eigenvalue weighted by atomic mass is 16.5. The van der Waals surface area contributed by atoms with Crippen molar-refractivity contribution >= 4 is 0 Å². The lowest BCUT2D eigenvalue weighted by atomic mass is 10.1. The Kier molecular flexibility index (Phi) is 3.21. The Bertz CT molecular complexity index is 759. The Hall–Kier alpha value is -3.00. The molecule has 20 heavy (non-hydrogen) atoms. The van der Waals surface area contributed by atoms with Crippen LogP contribution in [0.25, 0.3) is 11.5 Å². The summed E-state index contributed by atoms with van der Waals surface area (Å²) in [5.74, 6) is 1.03. The molecular weight excluding hydrogens is 252 g/mol. The van der Waals surface area contributed by atoms with E-state index in [1.54, 1.807) is 30.6 Å². The summed E-state index contributed by atoms with van der Waals surface area (Å²) in [6.45, 7) is 0. The van der Waals surface area contributed by atoms with E-state index in [4.69, 9.17) is 9.78 Å². The number of rotatable bonds is 3. The zero-order valence-corrected chi connectivity index (χ0v) is 10.5. The minimum atomic E-state index is 0.422. The second kappa shape index (κ2) is 5.33. The van der Waals surface area contributed by atoms with Crippen LogP contribution >= 0.6 is 0 Å². The number of nitriles is 1. The van der Waals surface area contributed by atoms with Crippen LogP contribution in [0.5, 0.6) is 0 Å². The van der Waals surface area contributed by atoms with Gasteiger partial charge < -0.3 is 4.52 Å². The highest BCUT2D eigenvalue weighted by Gasteiger charge is 2.09. The fraction of sp³-hybridized carbons (Fsp3) is 0.0667. The van der Waals surface area contributed by atoms with Gasteiger partial charge in [0.1, 0.15) is 0 Å². The largest absolute Gasteiger partial charge is 0.334 e. The highest BCUT2D eigenvalue weighted by molar-refractivity contribution is 5.56. The third-order valence-electron chi connectivity index (χ3n) is 2.82. The predicted molar refractivity (Wildman–Crippen MR) is 71.5 cm³/mol. The van der Waals surface area contributed by atoms with Crippen LogP contribution in [0.2, 0.25) is 0 Å². The van der Waals surface area contributed by atoms with Crippen molar-refractivity contribution in [2.75, 3.05) is 0 Å². The van der Waals surface area contributed by atoms with E-state index in [0.29, 0.717) is 23.7 Å². The molecule has 0 N–H and O–H groups in total. The van der Waals surface area contributed by atoms with Crippen LogP contribution in [0, 0.1) is 11.3 Å². The molecule has 96 valence electrons. The molecule has 5 heteroatoms. The molecule has 0 unspecified atom stereocenters. The molecule has 0 radical (unpaired) electrons. The lowest BCUT2D eigenvalue weighted by molar-refractivity contribution is 0.424. The summed E-state index contributed by atoms with van der Waals surface area (Å²) in [7, 11) is 0. The zero-order valence-electron chi connectivity index (χ0n) is 10.5. The predicted octanol–water partition coefficient (Wildman–Crippen LogP) is 2.59. The summed E-state index contributed by atoms with van der Waals surface area (Å²) >= 11 is 0. The van der Waals surface area contributed by atoms with Crippen LogP contribution in [-0.2, 0) is 6.42 Å². The summed E-state index contributed by atoms with van der Waals surface area (Å²) in [5.41, 5.74) is 2.38. The normalized spacial score (nSPS) is 10.2. The molecule has 0 amide bonds. The number of hydrogen-bond donors (Lipinski definition) is 0. The summed E-state index contributed by atoms with van der Waals surface area (Å²) in [5, 5.41) is 12.8. The van der Waals surface area contributed by atoms with Crippen LogP contribution in [0.3, 0.4) is 0 Å². The summed E-state index contributed by atoms with van der Waals surface area (Å²) in [6.07, 6.45) is 4.05. The fourth-order valence-electron chi connectivity index (χ4n) is 1.85. The molecule has 1 aromatic carbocycles. The van der Waals surface area contributed by atoms with Gasteiger partial charge in [-0.3, -0.25) is 4.98 Å². The SMILES string of the molecule is N#Cc1cccc(-c2nc(Cc3ccncc3)no2)c1. The average Bonchev–Trinajstić information content (AvgIpc) is 2.97. The summed E-state index contributed by atoms with van der Waals surface area (Å²) < 4.78 is 5.24. The molecule has 0 saturated carbocycles. The highest BCUT2D eigenvalue weighted by Crippen LogP contribution is 2.19. The molecule has 0 bridgehead atoms. The van der Waals surface area contributed by atoms with Crippen molar-refractivity contribution < 1.29 is 4.52 Å². The van der Waals surface area contributed by atoms with Crippen LogP contribution in [0.4, 0.5) is 0 Å². The maximum Gasteiger partial charge on any atom is 0.257 e. The van der Waals surface area contributed by atoms with E-state index in [1.807, 2.05) is 18.2 Å². The van der Waals surface area contributed by atoms with Crippen LogP contribution in [0.15, 0.2) is 53.3 Å². The van der Waals surface area contributed by atoms with Gasteiger partial charge in [0, 0.05) is 24.4 Å². The maximum absolute atomic E-state index is 8.89. The van der Waals surface area contributed by atoms with E-state index in [-0.39, 0.29) is 0 Å². The molecule has 0 aliphatic heterocycles. The molecule has 0 spiro atoms. The molecule has 3 aromatic rings. The van der Waals surface area contributed by atoms with E-state index in [1.165, 1.54) is 0 Å². The van der Waals surface area contributed by atoms with Gasteiger partial charge in [0.25, 0.3) is 5.89 Å². The van der Waals surface area contributed by atoms with Gasteiger partial charge in [-0.1, -0.05) is 11.2 Å². The second-order valence-electron chi connectivity index (χ2n) is 4.24. The molecule has 0 fully saturated rings. The van der Waals surface area contributed by atoms with E-state index in [0.717, 1.165) is 11.1 Å². The van der Waals surface area contributed by atoms with Crippen molar-refractivity contribution in [3.63, 3.8) is 0 Å². The third kappa shape index (κ3) is 2.54. The lowest BCUT2D eigenvalue weighted by Gasteiger charge is -1.94. The van der Waals surface area contributed by atoms with Crippen molar-refractivity contribution in [2.45, 2.75) is 6.42 Å². The first-order valence-corrected chi connectivity index (χ1v) is 6.07. The molecular formula is C15H10N4O. The molecule has 5 nitrogen and oxygen atoms in total. The van der Waals surface area contributed by atoms with Crippen LogP contribution in [0.1, 0.15) is 17.0 Å². The Balaban J connectivity index is 1.85. The number of nitrogens with zero attached hydrogens (tertiary/aromatic N) is 4. The molecule has 2 heterocycles. The molecule has 0 aliphatic rings. The Morgan fingerprint density at radius 1 is 1.15 bits per heavy atom. The van der Waals surface area contributed by atoms with Gasteiger partial charge in [-0.2, -0.15) is 10.2 Å². The first-order valence-electron chi connectivity index (χ1n) is 6.07. The van der Waals surface area contributed by atoms with Gasteiger partial charge in [-0.15, -0.1) is 0 Å². The fourth-order valence-corrected chi connectivity index (χ4v) is 1.85. The second-order valence-corrected chi connectivity index (χ2v) is 4.24. The van der Waals surface area contributed by atoms with Gasteiger partial charge >= 0.3 is 0 Å². The van der Waals surface area contributed by atoms with Crippen LogP contribution in [-0.4, -0.2) is 15.1 Å². The monoisotopic (exact) mass is 262 g/mol. The maximum atomic E-state index is 8.89. The van der Waals surface area contributed by atoms with Crippen molar-refractivity contribution in [1.82, 2.24) is 15.1 Å². The minimum absolute atomic E-state index is 0.422. The quantitative estimate of drug-likeness (QED) is 0.725. The van der Waals surface area contributed by atoms with E-state index >= 15 is 0 Å². The van der Waals surface area contributed by atoms with Gasteiger partial charge in [-0.25, -0.2) is 0 Å². The van der Waals surface area contributed by atoms with E-state index in [2.05, 4.69) is 21.2 Å². The lowest BCUT2D eigenvalue weighted by Crippen LogP contribution is -1.90. The summed E-state index contributed by atoms with van der Waals surface area (Å²) in [6, 6.07) is 13.0. The minimum Gasteiger partial charge on any atom is -0.334 e. The van der Waals surface area contributed by atoms with Crippen LogP contribution < -0.4 is 0 Å². The Morgan fingerprint density at radius 2 is 2.00 bits per heavy atom. The molecule has 3 rings (SSSR count). The van der Waals surface area contributed by atoms with Gasteiger partial charge in [0.15, 0.2) is 5.82 Å². The molecule has 0 saturated heterocycles. The Labute approximate surface area is 115 Å². The van der Waals surface area contributed by atoms with E-state index in [9.17, 15) is 0 Å². The van der Waals surface area contributed by atoms with Gasteiger partial charge in [0.2, 0.25) is 0 Å². The number of hydrogen-bond acceptors (Lipinski definition) is 5. The van der Waals surface area contributed by atoms with Gasteiger partial charge in [0.05, 0.1) is 11.6 Å². The smallest absolute Gasteiger partial charge is 0.257 e. The molecule has 0 atom stereocenters. The molecule has 0 aliphatic carbocycles. The first-order chi connectivity index (χ1) is 9.85. The van der Waals surface area contributed by atoms with Crippen molar-refractivity contribution in [3.8, 4) is 17.5 Å². The number of benzene rings is 1. The van der Waals surface area contributed by atoms with E-state index < -0.39 is 0 Å². The first kappa shape index (κ1) is 12.1. The topological polar surface area (TPSA) is 75.6 Å². The third-order valence-corrected chi connectivity index (χ3v) is 2.82. The zero-order chi connectivity index (χ0) is 13.8. The number of aromatic nitrogens is 3. The van der Waals surface area contributed by atoms with Crippen molar-refractivity contribution in [2.24, 2.45) is 0 Å². The summed E-state index contributed by atoms with van der Waals surface area (Å²) in [4.78, 5) is 8.31. The Morgan fingerprint density at radius 3 is 2.80 bits per heavy atom. The number of pyridine rings is 1. The van der Waals surface area contributed by atoms with Gasteiger partial charge in [-0.05, 0) is 35.9 Å². The standard InChI is InChI=1S/C15H10N4O/c16-10-12-2-1-3-13(8-12)15-18-14(19-20-15)9-11-4-6-17-7-5-11/h1-8H,9H2. The van der Waals surface area contributed by atoms with Crippen molar-refractivity contribution in [3.05, 3.63) is 65.7 Å².